The Morgan fingerprint density at radius 1 is 1.21 bits per heavy atom. The van der Waals surface area contributed by atoms with Gasteiger partial charge in [-0.25, -0.2) is 9.37 Å². The molecule has 0 atom stereocenters. The number of carbonyl (C=O) groups excluding carboxylic acids is 1. The number of rotatable bonds is 5. The summed E-state index contributed by atoms with van der Waals surface area (Å²) in [6.07, 6.45) is 2.75. The third-order valence-electron chi connectivity index (χ3n) is 4.13. The van der Waals surface area contributed by atoms with Crippen molar-refractivity contribution in [3.63, 3.8) is 0 Å². The number of aryl methyl sites for hydroxylation is 2. The Kier molecular flexibility index (Phi) is 5.39. The molecule has 8 heteroatoms. The summed E-state index contributed by atoms with van der Waals surface area (Å²) in [7, 11) is 2.89. The second-order valence-corrected chi connectivity index (χ2v) is 6.22. The summed E-state index contributed by atoms with van der Waals surface area (Å²) in [6.45, 7) is 1.95. The third-order valence-corrected chi connectivity index (χ3v) is 4.13. The molecule has 0 aliphatic rings. The van der Waals surface area contributed by atoms with Crippen LogP contribution in [-0.4, -0.2) is 22.6 Å². The van der Waals surface area contributed by atoms with Crippen LogP contribution in [0.5, 0.6) is 5.88 Å². The van der Waals surface area contributed by atoms with E-state index in [1.165, 1.54) is 30.1 Å². The van der Waals surface area contributed by atoms with Crippen LogP contribution < -0.4 is 21.1 Å². The zero-order valence-electron chi connectivity index (χ0n) is 15.6. The molecule has 0 saturated carbocycles. The number of halogens is 1. The average molecular weight is 382 g/mol. The van der Waals surface area contributed by atoms with Crippen molar-refractivity contribution in [1.29, 1.82) is 0 Å². The number of hydrazine groups is 1. The van der Waals surface area contributed by atoms with E-state index < -0.39 is 11.7 Å². The number of hydrogen-bond acceptors (Lipinski definition) is 5. The number of methoxy groups -OCH3 is 1. The molecule has 0 radical (unpaired) electrons. The predicted molar refractivity (Wildman–Crippen MR) is 104 cm³/mol. The fourth-order valence-electron chi connectivity index (χ4n) is 2.62. The number of amides is 1. The molecule has 28 heavy (non-hydrogen) atoms. The van der Waals surface area contributed by atoms with Crippen LogP contribution in [0.2, 0.25) is 0 Å². The number of anilines is 1. The zero-order valence-corrected chi connectivity index (χ0v) is 15.6. The molecule has 2 N–H and O–H groups in total. The summed E-state index contributed by atoms with van der Waals surface area (Å²) in [5.41, 5.74) is 7.55. The van der Waals surface area contributed by atoms with Gasteiger partial charge in [0, 0.05) is 24.9 Å². The van der Waals surface area contributed by atoms with E-state index in [9.17, 15) is 14.0 Å². The van der Waals surface area contributed by atoms with E-state index in [2.05, 4.69) is 15.8 Å². The molecule has 1 amide bonds. The van der Waals surface area contributed by atoms with Gasteiger partial charge in [0.1, 0.15) is 0 Å². The summed E-state index contributed by atoms with van der Waals surface area (Å²) in [4.78, 5) is 28.7. The van der Waals surface area contributed by atoms with Crippen molar-refractivity contribution in [1.82, 2.24) is 15.0 Å². The van der Waals surface area contributed by atoms with E-state index in [4.69, 9.17) is 4.74 Å². The Morgan fingerprint density at radius 2 is 1.93 bits per heavy atom. The van der Waals surface area contributed by atoms with Gasteiger partial charge in [0.2, 0.25) is 5.88 Å². The van der Waals surface area contributed by atoms with Gasteiger partial charge in [-0.05, 0) is 18.6 Å². The first-order chi connectivity index (χ1) is 13.4. The minimum atomic E-state index is -0.662. The lowest BCUT2D eigenvalue weighted by molar-refractivity contribution is 0.0962. The maximum Gasteiger partial charge on any atom is 0.271 e. The Balaban J connectivity index is 1.83. The largest absolute Gasteiger partial charge is 0.479 e. The van der Waals surface area contributed by atoms with Crippen LogP contribution >= 0.6 is 0 Å². The highest BCUT2D eigenvalue weighted by Gasteiger charge is 2.13. The molecule has 3 rings (SSSR count). The van der Waals surface area contributed by atoms with Crippen molar-refractivity contribution in [2.75, 3.05) is 12.5 Å². The summed E-state index contributed by atoms with van der Waals surface area (Å²) < 4.78 is 19.8. The Labute approximate surface area is 160 Å². The molecule has 0 bridgehead atoms. The molecule has 2 heterocycles. The lowest BCUT2D eigenvalue weighted by atomic mass is 10.0. The highest BCUT2D eigenvalue weighted by atomic mass is 19.1. The van der Waals surface area contributed by atoms with Gasteiger partial charge in [-0.1, -0.05) is 29.8 Å². The van der Waals surface area contributed by atoms with E-state index in [0.717, 1.165) is 17.2 Å². The van der Waals surface area contributed by atoms with Crippen molar-refractivity contribution >= 4 is 11.6 Å². The predicted octanol–water partition coefficient (Wildman–Crippen LogP) is 2.66. The quantitative estimate of drug-likeness (QED) is 0.663. The Morgan fingerprint density at radius 3 is 2.57 bits per heavy atom. The molecular weight excluding hydrogens is 363 g/mol. The summed E-state index contributed by atoms with van der Waals surface area (Å²) in [5.74, 6) is -1.29. The van der Waals surface area contributed by atoms with Crippen molar-refractivity contribution in [2.45, 2.75) is 6.92 Å². The van der Waals surface area contributed by atoms with Crippen molar-refractivity contribution in [3.8, 4) is 17.0 Å². The van der Waals surface area contributed by atoms with E-state index >= 15 is 0 Å². The van der Waals surface area contributed by atoms with Crippen LogP contribution in [0, 0.1) is 12.7 Å². The van der Waals surface area contributed by atoms with Crippen LogP contribution in [0.1, 0.15) is 15.9 Å². The number of hydrogen-bond donors (Lipinski definition) is 2. The number of carbonyl (C=O) groups is 1. The number of nitrogens with one attached hydrogen (secondary N) is 2. The Hall–Kier alpha value is -3.68. The average Bonchev–Trinajstić information content (AvgIpc) is 2.69. The highest BCUT2D eigenvalue weighted by molar-refractivity contribution is 5.95. The molecular formula is C20H19FN4O3. The second kappa shape index (κ2) is 7.91. The topological polar surface area (TPSA) is 85.2 Å². The molecule has 0 fully saturated rings. The lowest BCUT2D eigenvalue weighted by Gasteiger charge is -2.11. The van der Waals surface area contributed by atoms with E-state index in [0.29, 0.717) is 5.56 Å². The van der Waals surface area contributed by atoms with E-state index in [-0.39, 0.29) is 22.7 Å². The van der Waals surface area contributed by atoms with Crippen LogP contribution in [-0.2, 0) is 7.05 Å². The van der Waals surface area contributed by atoms with Crippen LogP contribution in [0.3, 0.4) is 0 Å². The summed E-state index contributed by atoms with van der Waals surface area (Å²) >= 11 is 0. The van der Waals surface area contributed by atoms with Crippen molar-refractivity contribution < 1.29 is 13.9 Å². The standard InChI is InChI=1S/C20H19FN4O3/c1-12-4-6-13(7-5-12)16-8-14(11-25(2)20(16)27)18(26)24-23-15-9-17(21)19(28-3)22-10-15/h4-11,23H,1-3H3,(H,24,26). The first kappa shape index (κ1) is 19.1. The molecule has 0 aliphatic carbocycles. The van der Waals surface area contributed by atoms with Crippen LogP contribution in [0.4, 0.5) is 10.1 Å². The van der Waals surface area contributed by atoms with E-state index in [1.54, 1.807) is 7.05 Å². The SMILES string of the molecule is COc1ncc(NNC(=O)c2cc(-c3ccc(C)cc3)c(=O)n(C)c2)cc1F. The van der Waals surface area contributed by atoms with Crippen LogP contribution in [0.25, 0.3) is 11.1 Å². The van der Waals surface area contributed by atoms with Gasteiger partial charge in [0.15, 0.2) is 5.82 Å². The summed E-state index contributed by atoms with van der Waals surface area (Å²) in [5, 5.41) is 0. The molecule has 144 valence electrons. The lowest BCUT2D eigenvalue weighted by Crippen LogP contribution is -2.31. The second-order valence-electron chi connectivity index (χ2n) is 6.22. The molecule has 0 spiro atoms. The maximum atomic E-state index is 13.7. The van der Waals surface area contributed by atoms with Crippen molar-refractivity contribution in [2.24, 2.45) is 7.05 Å². The normalized spacial score (nSPS) is 10.4. The number of aromatic nitrogens is 2. The van der Waals surface area contributed by atoms with Gasteiger partial charge in [0.05, 0.1) is 24.6 Å². The Bertz CT molecular complexity index is 1080. The number of pyridine rings is 2. The number of benzene rings is 1. The fourth-order valence-corrected chi connectivity index (χ4v) is 2.62. The van der Waals surface area contributed by atoms with Crippen LogP contribution in [0.15, 0.2) is 53.6 Å². The minimum absolute atomic E-state index is 0.141. The van der Waals surface area contributed by atoms with Gasteiger partial charge in [-0.2, -0.15) is 0 Å². The van der Waals surface area contributed by atoms with Gasteiger partial charge in [-0.3, -0.25) is 20.4 Å². The first-order valence-electron chi connectivity index (χ1n) is 8.42. The highest BCUT2D eigenvalue weighted by Crippen LogP contribution is 2.18. The molecule has 2 aromatic heterocycles. The monoisotopic (exact) mass is 382 g/mol. The smallest absolute Gasteiger partial charge is 0.271 e. The van der Waals surface area contributed by atoms with Gasteiger partial charge in [-0.15, -0.1) is 0 Å². The first-order valence-corrected chi connectivity index (χ1v) is 8.42. The fraction of sp³-hybridized carbons (Fsp3) is 0.150. The summed E-state index contributed by atoms with van der Waals surface area (Å²) in [6, 6.07) is 10.1. The molecule has 0 saturated heterocycles. The third kappa shape index (κ3) is 4.01. The number of ether oxygens (including phenoxy) is 1. The van der Waals surface area contributed by atoms with E-state index in [1.807, 2.05) is 31.2 Å². The maximum absolute atomic E-state index is 13.7. The molecule has 3 aromatic rings. The number of nitrogens with zero attached hydrogens (tertiary/aromatic N) is 2. The van der Waals surface area contributed by atoms with Gasteiger partial charge in [0.25, 0.3) is 11.5 Å². The molecule has 0 aliphatic heterocycles. The minimum Gasteiger partial charge on any atom is -0.479 e. The van der Waals surface area contributed by atoms with Crippen molar-refractivity contribution in [3.05, 3.63) is 76.1 Å². The molecule has 0 unspecified atom stereocenters. The molecule has 7 nitrogen and oxygen atoms in total. The molecule has 1 aromatic carbocycles. The van der Waals surface area contributed by atoms with Gasteiger partial charge >= 0.3 is 0 Å². The van der Waals surface area contributed by atoms with Gasteiger partial charge < -0.3 is 9.30 Å². The zero-order chi connectivity index (χ0) is 20.3.